The maximum atomic E-state index is 10.8. The molecule has 0 aliphatic heterocycles. The number of aliphatic hydroxyl groups is 2. The molecule has 5 nitrogen and oxygen atoms in total. The third-order valence-electron chi connectivity index (χ3n) is 7.22. The lowest BCUT2D eigenvalue weighted by Crippen LogP contribution is -2.40. The van der Waals surface area contributed by atoms with Crippen LogP contribution >= 0.6 is 0 Å². The Labute approximate surface area is 241 Å². The van der Waals surface area contributed by atoms with Gasteiger partial charge in [-0.2, -0.15) is 0 Å². The lowest BCUT2D eigenvalue weighted by Gasteiger charge is -2.33. The molecule has 0 aliphatic carbocycles. The first-order chi connectivity index (χ1) is 18.6. The fourth-order valence-corrected chi connectivity index (χ4v) is 4.50. The summed E-state index contributed by atoms with van der Waals surface area (Å²) >= 11 is 0. The van der Waals surface area contributed by atoms with Crippen LogP contribution in [0.5, 0.6) is 11.5 Å². The topological polar surface area (TPSA) is 62.2 Å². The van der Waals surface area contributed by atoms with Gasteiger partial charge < -0.3 is 24.6 Å². The molecule has 0 saturated heterocycles. The minimum Gasteiger partial charge on any atom is -0.491 e. The van der Waals surface area contributed by atoms with Gasteiger partial charge in [0.25, 0.3) is 0 Å². The quantitative estimate of drug-likeness (QED) is 0.253. The predicted molar refractivity (Wildman–Crippen MR) is 166 cm³/mol. The molecule has 2 atom stereocenters. The Kier molecular flexibility index (Phi) is 10.3. The number of benzene rings is 3. The van der Waals surface area contributed by atoms with E-state index in [0.717, 1.165) is 29.3 Å². The highest BCUT2D eigenvalue weighted by molar-refractivity contribution is 5.46. The number of nitrogens with zero attached hydrogens (tertiary/aromatic N) is 1. The summed E-state index contributed by atoms with van der Waals surface area (Å²) in [5.74, 6) is 1.49. The summed E-state index contributed by atoms with van der Waals surface area (Å²) < 4.78 is 11.8. The molecule has 0 spiro atoms. The summed E-state index contributed by atoms with van der Waals surface area (Å²) in [6, 6.07) is 26.4. The highest BCUT2D eigenvalue weighted by Gasteiger charge is 2.25. The van der Waals surface area contributed by atoms with Crippen LogP contribution in [0.3, 0.4) is 0 Å². The maximum Gasteiger partial charge on any atom is 0.119 e. The van der Waals surface area contributed by atoms with Gasteiger partial charge in [0.2, 0.25) is 0 Å². The molecule has 0 aliphatic rings. The second-order valence-electron chi connectivity index (χ2n) is 13.6. The molecule has 0 saturated carbocycles. The van der Waals surface area contributed by atoms with Crippen molar-refractivity contribution >= 4 is 5.69 Å². The summed E-state index contributed by atoms with van der Waals surface area (Å²) in [5.41, 5.74) is 3.10. The Morgan fingerprint density at radius 1 is 0.650 bits per heavy atom. The number of hydrogen-bond acceptors (Lipinski definition) is 5. The lowest BCUT2D eigenvalue weighted by molar-refractivity contribution is 0.0218. The molecule has 2 unspecified atom stereocenters. The van der Waals surface area contributed by atoms with Gasteiger partial charge in [0, 0.05) is 24.2 Å². The van der Waals surface area contributed by atoms with E-state index < -0.39 is 12.2 Å². The molecule has 0 aromatic heterocycles. The number of rotatable bonds is 12. The maximum absolute atomic E-state index is 10.8. The van der Waals surface area contributed by atoms with Crippen LogP contribution in [0.25, 0.3) is 0 Å². The van der Waals surface area contributed by atoms with Crippen LogP contribution in [0, 0.1) is 10.8 Å². The molecule has 0 bridgehead atoms. The third-order valence-corrected chi connectivity index (χ3v) is 7.22. The van der Waals surface area contributed by atoms with E-state index in [0.29, 0.717) is 6.54 Å². The Hall–Kier alpha value is -3.02. The zero-order valence-corrected chi connectivity index (χ0v) is 25.6. The van der Waals surface area contributed by atoms with Crippen molar-refractivity contribution in [3.8, 4) is 11.5 Å². The zero-order valence-electron chi connectivity index (χ0n) is 25.6. The average Bonchev–Trinajstić information content (AvgIpc) is 2.90. The first kappa shape index (κ1) is 31.5. The minimum atomic E-state index is -0.621. The van der Waals surface area contributed by atoms with E-state index >= 15 is 0 Å². The van der Waals surface area contributed by atoms with E-state index in [2.05, 4.69) is 75.9 Å². The van der Waals surface area contributed by atoms with E-state index in [1.807, 2.05) is 63.2 Å². The van der Waals surface area contributed by atoms with Crippen molar-refractivity contribution in [1.82, 2.24) is 0 Å². The van der Waals surface area contributed by atoms with Crippen LogP contribution in [0.1, 0.15) is 66.5 Å². The number of anilines is 1. The van der Waals surface area contributed by atoms with Crippen molar-refractivity contribution in [2.45, 2.75) is 73.0 Å². The van der Waals surface area contributed by atoms with E-state index in [1.165, 1.54) is 5.56 Å². The number of hydrogen-bond donors (Lipinski definition) is 2. The first-order valence-electron chi connectivity index (χ1n) is 14.3. The average molecular weight is 548 g/mol. The Morgan fingerprint density at radius 3 is 1.57 bits per heavy atom. The Morgan fingerprint density at radius 2 is 1.12 bits per heavy atom. The Bertz CT molecular complexity index is 1160. The van der Waals surface area contributed by atoms with Crippen LogP contribution in [0.15, 0.2) is 78.9 Å². The van der Waals surface area contributed by atoms with Crippen LogP contribution in [-0.4, -0.2) is 48.7 Å². The van der Waals surface area contributed by atoms with Crippen LogP contribution in [0.2, 0.25) is 0 Å². The number of aliphatic hydroxyl groups excluding tert-OH is 2. The van der Waals surface area contributed by atoms with Crippen molar-refractivity contribution in [2.24, 2.45) is 10.8 Å². The fraction of sp³-hybridized carbons (Fsp3) is 0.486. The SMILES string of the molecule is CC(C)(C)CN(CC(O)COc1ccc(C(C)(C)c2ccc(OCC(O)C(C)(C)C)cc2)cc1)c1ccccc1. The molecule has 2 N–H and O–H groups in total. The van der Waals surface area contributed by atoms with Gasteiger partial charge in [-0.05, 0) is 58.4 Å². The lowest BCUT2D eigenvalue weighted by atomic mass is 9.78. The molecular formula is C35H49NO4. The predicted octanol–water partition coefficient (Wildman–Crippen LogP) is 7.09. The smallest absolute Gasteiger partial charge is 0.119 e. The van der Waals surface area contributed by atoms with Gasteiger partial charge in [0.1, 0.15) is 30.8 Å². The highest BCUT2D eigenvalue weighted by atomic mass is 16.5. The first-order valence-corrected chi connectivity index (χ1v) is 14.3. The number of ether oxygens (including phenoxy) is 2. The second-order valence-corrected chi connectivity index (χ2v) is 13.6. The van der Waals surface area contributed by atoms with E-state index in [1.54, 1.807) is 0 Å². The summed E-state index contributed by atoms with van der Waals surface area (Å²) in [5, 5.41) is 21.1. The van der Waals surface area contributed by atoms with Gasteiger partial charge in [-0.1, -0.05) is 97.9 Å². The second kappa shape index (κ2) is 13.1. The Balaban J connectivity index is 1.58. The summed E-state index contributed by atoms with van der Waals surface area (Å²) in [6.45, 7) is 18.8. The molecule has 3 aromatic carbocycles. The summed E-state index contributed by atoms with van der Waals surface area (Å²) in [7, 11) is 0. The van der Waals surface area contributed by atoms with Crippen LogP contribution < -0.4 is 14.4 Å². The largest absolute Gasteiger partial charge is 0.491 e. The zero-order chi connectivity index (χ0) is 29.6. The third kappa shape index (κ3) is 9.28. The van der Waals surface area contributed by atoms with Gasteiger partial charge in [-0.25, -0.2) is 0 Å². The monoisotopic (exact) mass is 547 g/mol. The molecule has 5 heteroatoms. The van der Waals surface area contributed by atoms with Crippen LogP contribution in [-0.2, 0) is 5.41 Å². The molecule has 0 radical (unpaired) electrons. The van der Waals surface area contributed by atoms with Crippen LogP contribution in [0.4, 0.5) is 5.69 Å². The highest BCUT2D eigenvalue weighted by Crippen LogP contribution is 2.33. The van der Waals surface area contributed by atoms with Gasteiger partial charge >= 0.3 is 0 Å². The molecule has 40 heavy (non-hydrogen) atoms. The molecular weight excluding hydrogens is 498 g/mol. The van der Waals surface area contributed by atoms with Gasteiger partial charge in [0.05, 0.1) is 6.10 Å². The molecule has 0 fully saturated rings. The summed E-state index contributed by atoms with van der Waals surface area (Å²) in [4.78, 5) is 2.22. The van der Waals surface area contributed by atoms with Gasteiger partial charge in [-0.15, -0.1) is 0 Å². The normalized spacial score (nSPS) is 13.9. The van der Waals surface area contributed by atoms with Crippen molar-refractivity contribution < 1.29 is 19.7 Å². The van der Waals surface area contributed by atoms with E-state index in [-0.39, 0.29) is 29.5 Å². The standard InChI is InChI=1S/C35H49NO4/c1-33(2,3)25-36(28-12-10-9-11-13-28)22-29(37)23-39-30-18-14-26(15-19-30)35(7,8)27-16-20-31(21-17-27)40-24-32(38)34(4,5)6/h9-21,29,32,37-38H,22-25H2,1-8H3. The molecule has 0 heterocycles. The van der Waals surface area contributed by atoms with Crippen molar-refractivity contribution in [2.75, 3.05) is 31.2 Å². The molecule has 3 rings (SSSR count). The molecule has 0 amide bonds. The van der Waals surface area contributed by atoms with E-state index in [9.17, 15) is 10.2 Å². The number of para-hydroxylation sites is 1. The minimum absolute atomic E-state index is 0.0984. The van der Waals surface area contributed by atoms with Crippen molar-refractivity contribution in [3.05, 3.63) is 90.0 Å². The van der Waals surface area contributed by atoms with Gasteiger partial charge in [-0.3, -0.25) is 0 Å². The van der Waals surface area contributed by atoms with E-state index in [4.69, 9.17) is 9.47 Å². The summed E-state index contributed by atoms with van der Waals surface area (Å²) in [6.07, 6.45) is -1.15. The fourth-order valence-electron chi connectivity index (χ4n) is 4.50. The van der Waals surface area contributed by atoms with Gasteiger partial charge in [0.15, 0.2) is 0 Å². The molecule has 218 valence electrons. The molecule has 3 aromatic rings. The van der Waals surface area contributed by atoms with Crippen molar-refractivity contribution in [3.63, 3.8) is 0 Å². The van der Waals surface area contributed by atoms with Crippen molar-refractivity contribution in [1.29, 1.82) is 0 Å².